The molecule has 26 heavy (non-hydrogen) atoms. The molecule has 0 bridgehead atoms. The summed E-state index contributed by atoms with van der Waals surface area (Å²) in [6.45, 7) is 4.44. The standard InChI is InChI=1S/C22H30N2O2/c1-2-18(3-1)24-14-10-22(11-15-24)9-6-17-16-20(4-5-21(17)26-22)25-19-7-12-23-13-8-19/h4-6,9,16,18-19,23H,1-3,7-8,10-15H2. The molecule has 0 aromatic heterocycles. The van der Waals surface area contributed by atoms with Gasteiger partial charge in [0.05, 0.1) is 0 Å². The van der Waals surface area contributed by atoms with Crippen molar-refractivity contribution in [3.8, 4) is 11.5 Å². The average Bonchev–Trinajstić information content (AvgIpc) is 2.63. The molecule has 0 radical (unpaired) electrons. The first-order valence-electron chi connectivity index (χ1n) is 10.4. The van der Waals surface area contributed by atoms with Crippen molar-refractivity contribution in [2.45, 2.75) is 62.7 Å². The second kappa shape index (κ2) is 6.90. The van der Waals surface area contributed by atoms with Gasteiger partial charge in [-0.1, -0.05) is 12.5 Å². The first-order chi connectivity index (χ1) is 12.8. The number of fused-ring (bicyclic) bond motifs is 1. The van der Waals surface area contributed by atoms with Gasteiger partial charge in [-0.2, -0.15) is 0 Å². The summed E-state index contributed by atoms with van der Waals surface area (Å²) in [5, 5.41) is 3.39. The second-order valence-corrected chi connectivity index (χ2v) is 8.39. The molecule has 1 aliphatic carbocycles. The van der Waals surface area contributed by atoms with Crippen LogP contribution in [0.1, 0.15) is 50.5 Å². The van der Waals surface area contributed by atoms with Crippen LogP contribution < -0.4 is 14.8 Å². The Kier molecular flexibility index (Phi) is 4.41. The summed E-state index contributed by atoms with van der Waals surface area (Å²) in [6, 6.07) is 7.18. The molecular formula is C22H30N2O2. The van der Waals surface area contributed by atoms with Crippen molar-refractivity contribution in [3.63, 3.8) is 0 Å². The van der Waals surface area contributed by atoms with E-state index < -0.39 is 0 Å². The molecule has 1 spiro atoms. The van der Waals surface area contributed by atoms with Crippen LogP contribution in [0.3, 0.4) is 0 Å². The summed E-state index contributed by atoms with van der Waals surface area (Å²) in [6.07, 6.45) is 13.5. The molecule has 1 saturated carbocycles. The van der Waals surface area contributed by atoms with Gasteiger partial charge < -0.3 is 19.7 Å². The topological polar surface area (TPSA) is 33.7 Å². The molecule has 1 aromatic rings. The average molecular weight is 354 g/mol. The van der Waals surface area contributed by atoms with Crippen molar-refractivity contribution >= 4 is 6.08 Å². The van der Waals surface area contributed by atoms with Gasteiger partial charge in [0, 0.05) is 37.5 Å². The summed E-state index contributed by atoms with van der Waals surface area (Å²) in [4.78, 5) is 2.68. The highest BCUT2D eigenvalue weighted by Gasteiger charge is 2.39. The van der Waals surface area contributed by atoms with Crippen LogP contribution in [0.2, 0.25) is 0 Å². The minimum absolute atomic E-state index is 0.0926. The van der Waals surface area contributed by atoms with Gasteiger partial charge in [0.1, 0.15) is 23.2 Å². The predicted molar refractivity (Wildman–Crippen MR) is 104 cm³/mol. The zero-order valence-electron chi connectivity index (χ0n) is 15.6. The lowest BCUT2D eigenvalue weighted by Gasteiger charge is -2.46. The van der Waals surface area contributed by atoms with Gasteiger partial charge in [-0.05, 0) is 63.0 Å². The summed E-state index contributed by atoms with van der Waals surface area (Å²) in [7, 11) is 0. The Morgan fingerprint density at radius 3 is 2.62 bits per heavy atom. The van der Waals surface area contributed by atoms with E-state index in [0.29, 0.717) is 6.10 Å². The summed E-state index contributed by atoms with van der Waals surface area (Å²) < 4.78 is 12.7. The molecule has 4 heteroatoms. The normalized spacial score (nSPS) is 26.2. The Bertz CT molecular complexity index is 669. The number of rotatable bonds is 3. The van der Waals surface area contributed by atoms with Crippen molar-refractivity contribution < 1.29 is 9.47 Å². The van der Waals surface area contributed by atoms with Crippen LogP contribution in [0.4, 0.5) is 0 Å². The molecule has 4 aliphatic rings. The molecule has 1 aromatic carbocycles. The first-order valence-corrected chi connectivity index (χ1v) is 10.4. The Hall–Kier alpha value is -1.52. The van der Waals surface area contributed by atoms with Crippen molar-refractivity contribution in [1.82, 2.24) is 10.2 Å². The maximum Gasteiger partial charge on any atom is 0.130 e. The predicted octanol–water partition coefficient (Wildman–Crippen LogP) is 3.61. The van der Waals surface area contributed by atoms with E-state index in [9.17, 15) is 0 Å². The zero-order valence-corrected chi connectivity index (χ0v) is 15.6. The van der Waals surface area contributed by atoms with E-state index in [2.05, 4.69) is 40.6 Å². The van der Waals surface area contributed by atoms with E-state index >= 15 is 0 Å². The van der Waals surface area contributed by atoms with E-state index in [1.54, 1.807) is 0 Å². The first kappa shape index (κ1) is 16.6. The van der Waals surface area contributed by atoms with Gasteiger partial charge in [0.25, 0.3) is 0 Å². The van der Waals surface area contributed by atoms with Gasteiger partial charge in [-0.3, -0.25) is 0 Å². The van der Waals surface area contributed by atoms with Crippen molar-refractivity contribution in [2.24, 2.45) is 0 Å². The molecule has 0 unspecified atom stereocenters. The van der Waals surface area contributed by atoms with Crippen molar-refractivity contribution in [2.75, 3.05) is 26.2 Å². The van der Waals surface area contributed by atoms with E-state index in [0.717, 1.165) is 61.9 Å². The largest absolute Gasteiger partial charge is 0.490 e. The number of likely N-dealkylation sites (tertiary alicyclic amines) is 1. The van der Waals surface area contributed by atoms with E-state index in [1.165, 1.54) is 32.4 Å². The highest BCUT2D eigenvalue weighted by Crippen LogP contribution is 2.40. The molecule has 0 amide bonds. The highest BCUT2D eigenvalue weighted by molar-refractivity contribution is 5.63. The van der Waals surface area contributed by atoms with Crippen molar-refractivity contribution in [3.05, 3.63) is 29.8 Å². The van der Waals surface area contributed by atoms with Crippen LogP contribution in [0.25, 0.3) is 6.08 Å². The number of ether oxygens (including phenoxy) is 2. The number of hydrogen-bond acceptors (Lipinski definition) is 4. The van der Waals surface area contributed by atoms with E-state index in [1.807, 2.05) is 0 Å². The van der Waals surface area contributed by atoms with Gasteiger partial charge in [-0.15, -0.1) is 0 Å². The minimum atomic E-state index is -0.0926. The number of nitrogens with zero attached hydrogens (tertiary/aromatic N) is 1. The third-order valence-electron chi connectivity index (χ3n) is 6.69. The SMILES string of the molecule is C1=CC2(CCN(C3CCC3)CC2)Oc2ccc(OC3CCNCC3)cc21. The molecular weight excluding hydrogens is 324 g/mol. The summed E-state index contributed by atoms with van der Waals surface area (Å²) >= 11 is 0. The van der Waals surface area contributed by atoms with Gasteiger partial charge in [0.2, 0.25) is 0 Å². The van der Waals surface area contributed by atoms with E-state index in [4.69, 9.17) is 9.47 Å². The summed E-state index contributed by atoms with van der Waals surface area (Å²) in [5.41, 5.74) is 1.06. The molecule has 1 N–H and O–H groups in total. The lowest BCUT2D eigenvalue weighted by atomic mass is 9.84. The molecule has 3 aliphatic heterocycles. The third kappa shape index (κ3) is 3.25. The van der Waals surface area contributed by atoms with Crippen LogP contribution in [-0.4, -0.2) is 48.8 Å². The van der Waals surface area contributed by atoms with Gasteiger partial charge in [0.15, 0.2) is 0 Å². The Morgan fingerprint density at radius 2 is 1.88 bits per heavy atom. The number of benzene rings is 1. The monoisotopic (exact) mass is 354 g/mol. The highest BCUT2D eigenvalue weighted by atomic mass is 16.5. The Labute approximate surface area is 156 Å². The lowest BCUT2D eigenvalue weighted by molar-refractivity contribution is 0.00759. The van der Waals surface area contributed by atoms with E-state index in [-0.39, 0.29) is 5.60 Å². The number of nitrogens with one attached hydrogen (secondary N) is 1. The van der Waals surface area contributed by atoms with Crippen LogP contribution in [0.5, 0.6) is 11.5 Å². The molecule has 3 fully saturated rings. The molecule has 0 atom stereocenters. The zero-order chi connectivity index (χ0) is 17.4. The van der Waals surface area contributed by atoms with Crippen LogP contribution >= 0.6 is 0 Å². The molecule has 3 heterocycles. The third-order valence-corrected chi connectivity index (χ3v) is 6.69. The molecule has 2 saturated heterocycles. The van der Waals surface area contributed by atoms with Crippen LogP contribution in [0, 0.1) is 0 Å². The van der Waals surface area contributed by atoms with Crippen LogP contribution in [0.15, 0.2) is 24.3 Å². The lowest BCUT2D eigenvalue weighted by Crippen LogP contribution is -2.52. The fourth-order valence-corrected chi connectivity index (χ4v) is 4.71. The number of piperidine rings is 2. The Balaban J connectivity index is 1.24. The second-order valence-electron chi connectivity index (χ2n) is 8.39. The maximum atomic E-state index is 6.51. The fraction of sp³-hybridized carbons (Fsp3) is 0.636. The molecule has 140 valence electrons. The number of hydrogen-bond donors (Lipinski definition) is 1. The van der Waals surface area contributed by atoms with Crippen molar-refractivity contribution in [1.29, 1.82) is 0 Å². The Morgan fingerprint density at radius 1 is 1.08 bits per heavy atom. The fourth-order valence-electron chi connectivity index (χ4n) is 4.71. The minimum Gasteiger partial charge on any atom is -0.490 e. The quantitative estimate of drug-likeness (QED) is 0.899. The summed E-state index contributed by atoms with van der Waals surface area (Å²) in [5.74, 6) is 1.99. The van der Waals surface area contributed by atoms with Gasteiger partial charge >= 0.3 is 0 Å². The van der Waals surface area contributed by atoms with Gasteiger partial charge in [-0.25, -0.2) is 0 Å². The molecule has 5 rings (SSSR count). The smallest absolute Gasteiger partial charge is 0.130 e. The molecule has 4 nitrogen and oxygen atoms in total. The maximum absolute atomic E-state index is 6.51. The van der Waals surface area contributed by atoms with Crippen LogP contribution in [-0.2, 0) is 0 Å².